The predicted molar refractivity (Wildman–Crippen MR) is 80.8 cm³/mol. The number of halogens is 1. The summed E-state index contributed by atoms with van der Waals surface area (Å²) < 4.78 is 1.75. The van der Waals surface area contributed by atoms with Crippen molar-refractivity contribution < 1.29 is 4.79 Å². The van der Waals surface area contributed by atoms with Gasteiger partial charge in [0.2, 0.25) is 5.91 Å². The summed E-state index contributed by atoms with van der Waals surface area (Å²) in [4.78, 5) is 11.9. The van der Waals surface area contributed by atoms with E-state index in [-0.39, 0.29) is 5.91 Å². The fraction of sp³-hybridized carbons (Fsp3) is 0.286. The summed E-state index contributed by atoms with van der Waals surface area (Å²) in [5, 5.41) is 7.74. The zero-order chi connectivity index (χ0) is 14.7. The second-order valence-corrected chi connectivity index (χ2v) is 5.01. The highest BCUT2D eigenvalue weighted by Gasteiger charge is 2.10. The van der Waals surface area contributed by atoms with Gasteiger partial charge in [-0.25, -0.2) is 0 Å². The first-order valence-electron chi connectivity index (χ1n) is 6.32. The van der Waals surface area contributed by atoms with Gasteiger partial charge in [0.25, 0.3) is 0 Å². The van der Waals surface area contributed by atoms with Crippen LogP contribution in [0, 0.1) is 13.8 Å². The summed E-state index contributed by atoms with van der Waals surface area (Å²) in [7, 11) is 0. The first-order chi connectivity index (χ1) is 9.47. The number of hydrogen-bond acceptors (Lipinski definition) is 3. The van der Waals surface area contributed by atoms with Crippen LogP contribution in [-0.4, -0.2) is 15.7 Å². The normalized spacial score (nSPS) is 10.6. The monoisotopic (exact) mass is 292 g/mol. The van der Waals surface area contributed by atoms with Crippen LogP contribution in [0.1, 0.15) is 17.8 Å². The Morgan fingerprint density at radius 2 is 2.20 bits per heavy atom. The molecule has 6 heteroatoms. The van der Waals surface area contributed by atoms with Gasteiger partial charge in [0.05, 0.1) is 23.0 Å². The quantitative estimate of drug-likeness (QED) is 0.851. The Morgan fingerprint density at radius 1 is 1.45 bits per heavy atom. The van der Waals surface area contributed by atoms with E-state index in [1.165, 1.54) is 0 Å². The van der Waals surface area contributed by atoms with Gasteiger partial charge in [0.1, 0.15) is 0 Å². The van der Waals surface area contributed by atoms with Crippen LogP contribution in [0.3, 0.4) is 0 Å². The van der Waals surface area contributed by atoms with Crippen LogP contribution < -0.4 is 11.1 Å². The lowest BCUT2D eigenvalue weighted by Gasteiger charge is -2.07. The number of nitrogens with one attached hydrogen (secondary N) is 1. The van der Waals surface area contributed by atoms with Crippen molar-refractivity contribution in [2.45, 2.75) is 26.8 Å². The van der Waals surface area contributed by atoms with Crippen molar-refractivity contribution in [3.63, 3.8) is 0 Å². The van der Waals surface area contributed by atoms with Crippen molar-refractivity contribution in [1.29, 1.82) is 0 Å². The summed E-state index contributed by atoms with van der Waals surface area (Å²) in [5.41, 5.74) is 8.63. The molecule has 1 heterocycles. The van der Waals surface area contributed by atoms with Crippen LogP contribution in [0.25, 0.3) is 0 Å². The Bertz CT molecular complexity index is 636. The lowest BCUT2D eigenvalue weighted by atomic mass is 10.2. The topological polar surface area (TPSA) is 72.9 Å². The average Bonchev–Trinajstić information content (AvgIpc) is 2.64. The third-order valence-corrected chi connectivity index (χ3v) is 3.56. The molecule has 2 rings (SSSR count). The van der Waals surface area contributed by atoms with Crippen molar-refractivity contribution in [2.75, 3.05) is 11.1 Å². The first-order valence-corrected chi connectivity index (χ1v) is 6.70. The number of anilines is 2. The molecule has 0 spiro atoms. The van der Waals surface area contributed by atoms with Gasteiger partial charge in [-0.2, -0.15) is 5.10 Å². The van der Waals surface area contributed by atoms with Gasteiger partial charge < -0.3 is 11.1 Å². The minimum atomic E-state index is -0.0840. The Hall–Kier alpha value is -2.01. The molecule has 106 valence electrons. The van der Waals surface area contributed by atoms with Gasteiger partial charge in [-0.1, -0.05) is 17.7 Å². The van der Waals surface area contributed by atoms with Gasteiger partial charge in [0.15, 0.2) is 0 Å². The molecule has 0 atom stereocenters. The highest BCUT2D eigenvalue weighted by molar-refractivity contribution is 6.31. The minimum absolute atomic E-state index is 0.0840. The minimum Gasteiger partial charge on any atom is -0.399 e. The standard InChI is InChI=1S/C14H17ClN4O/c1-9-14(15)10(2)19(18-9)7-6-13(20)17-12-5-3-4-11(16)8-12/h3-5,8H,6-7,16H2,1-2H3,(H,17,20). The summed E-state index contributed by atoms with van der Waals surface area (Å²) in [6.45, 7) is 4.23. The third-order valence-electron chi connectivity index (χ3n) is 3.01. The largest absolute Gasteiger partial charge is 0.399 e. The molecule has 1 aromatic carbocycles. The maximum absolute atomic E-state index is 11.9. The molecule has 1 aromatic heterocycles. The average molecular weight is 293 g/mol. The van der Waals surface area contributed by atoms with Crippen molar-refractivity contribution in [1.82, 2.24) is 9.78 Å². The van der Waals surface area contributed by atoms with E-state index in [4.69, 9.17) is 17.3 Å². The summed E-state index contributed by atoms with van der Waals surface area (Å²) in [6.07, 6.45) is 0.326. The molecule has 0 unspecified atom stereocenters. The van der Waals surface area contributed by atoms with Crippen LogP contribution in [0.4, 0.5) is 11.4 Å². The fourth-order valence-electron chi connectivity index (χ4n) is 1.94. The fourth-order valence-corrected chi connectivity index (χ4v) is 2.08. The van der Waals surface area contributed by atoms with E-state index < -0.39 is 0 Å². The van der Waals surface area contributed by atoms with E-state index in [2.05, 4.69) is 10.4 Å². The van der Waals surface area contributed by atoms with Crippen LogP contribution in [0.2, 0.25) is 5.02 Å². The highest BCUT2D eigenvalue weighted by Crippen LogP contribution is 2.19. The molecule has 20 heavy (non-hydrogen) atoms. The van der Waals surface area contributed by atoms with Gasteiger partial charge >= 0.3 is 0 Å². The van der Waals surface area contributed by atoms with Crippen LogP contribution >= 0.6 is 11.6 Å². The summed E-state index contributed by atoms with van der Waals surface area (Å²) >= 11 is 6.06. The molecule has 0 saturated heterocycles. The summed E-state index contributed by atoms with van der Waals surface area (Å²) in [5.74, 6) is -0.0840. The second kappa shape index (κ2) is 5.96. The first kappa shape index (κ1) is 14.4. The molecule has 1 amide bonds. The zero-order valence-corrected chi connectivity index (χ0v) is 12.2. The van der Waals surface area contributed by atoms with Gasteiger partial charge in [-0.05, 0) is 32.0 Å². The van der Waals surface area contributed by atoms with Gasteiger partial charge in [-0.3, -0.25) is 9.48 Å². The number of carbonyl (C=O) groups is 1. The molecule has 0 saturated carbocycles. The van der Waals surface area contributed by atoms with E-state index in [0.29, 0.717) is 29.4 Å². The Kier molecular flexibility index (Phi) is 4.29. The summed E-state index contributed by atoms with van der Waals surface area (Å²) in [6, 6.07) is 7.09. The van der Waals surface area contributed by atoms with E-state index in [0.717, 1.165) is 11.4 Å². The third kappa shape index (κ3) is 3.30. The number of nitrogens with two attached hydrogens (primary N) is 1. The number of rotatable bonds is 4. The molecule has 0 aliphatic heterocycles. The zero-order valence-electron chi connectivity index (χ0n) is 11.5. The molecule has 3 N–H and O–H groups in total. The number of benzene rings is 1. The Morgan fingerprint density at radius 3 is 2.80 bits per heavy atom. The molecule has 0 aliphatic carbocycles. The number of aryl methyl sites for hydroxylation is 2. The van der Waals surface area contributed by atoms with Crippen molar-refractivity contribution >= 4 is 28.9 Å². The van der Waals surface area contributed by atoms with E-state index in [9.17, 15) is 4.79 Å². The number of hydrogen-bond donors (Lipinski definition) is 2. The number of nitrogen functional groups attached to an aromatic ring is 1. The van der Waals surface area contributed by atoms with Crippen LogP contribution in [0.5, 0.6) is 0 Å². The number of amides is 1. The van der Waals surface area contributed by atoms with Crippen molar-refractivity contribution in [3.8, 4) is 0 Å². The predicted octanol–water partition coefficient (Wildman–Crippen LogP) is 2.76. The Labute approximate surface area is 122 Å². The molecular formula is C14H17ClN4O. The number of carbonyl (C=O) groups excluding carboxylic acids is 1. The van der Waals surface area contributed by atoms with Gasteiger partial charge in [0, 0.05) is 17.8 Å². The molecule has 0 bridgehead atoms. The molecule has 0 aliphatic rings. The molecular weight excluding hydrogens is 276 g/mol. The molecule has 2 aromatic rings. The maximum atomic E-state index is 11.9. The van der Waals surface area contributed by atoms with Gasteiger partial charge in [-0.15, -0.1) is 0 Å². The molecule has 0 fully saturated rings. The number of aromatic nitrogens is 2. The maximum Gasteiger partial charge on any atom is 0.226 e. The number of nitrogens with zero attached hydrogens (tertiary/aromatic N) is 2. The second-order valence-electron chi connectivity index (χ2n) is 4.63. The van der Waals surface area contributed by atoms with Crippen molar-refractivity contribution in [2.24, 2.45) is 0 Å². The van der Waals surface area contributed by atoms with E-state index in [1.54, 1.807) is 28.9 Å². The van der Waals surface area contributed by atoms with Crippen LogP contribution in [0.15, 0.2) is 24.3 Å². The Balaban J connectivity index is 1.94. The lowest BCUT2D eigenvalue weighted by Crippen LogP contribution is -2.15. The SMILES string of the molecule is Cc1nn(CCC(=O)Nc2cccc(N)c2)c(C)c1Cl. The smallest absolute Gasteiger partial charge is 0.226 e. The lowest BCUT2D eigenvalue weighted by molar-refractivity contribution is -0.116. The van der Waals surface area contributed by atoms with Crippen LogP contribution in [-0.2, 0) is 11.3 Å². The molecule has 5 nitrogen and oxygen atoms in total. The molecule has 0 radical (unpaired) electrons. The van der Waals surface area contributed by atoms with Crippen molar-refractivity contribution in [3.05, 3.63) is 40.7 Å². The van der Waals surface area contributed by atoms with E-state index >= 15 is 0 Å². The van der Waals surface area contributed by atoms with E-state index in [1.807, 2.05) is 13.8 Å². The highest BCUT2D eigenvalue weighted by atomic mass is 35.5.